The number of amides is 3. The van der Waals surface area contributed by atoms with Gasteiger partial charge < -0.3 is 25.0 Å². The third kappa shape index (κ3) is 3.83. The number of anilines is 2. The first-order valence-corrected chi connectivity index (χ1v) is 10.9. The SMILES string of the molecule is CC(=O)Nc1ccc(NC(=O)[C@@H]2c3ccccc3C(=O)N(C)[C@@H]2c2ccc3c(c2)OCO3)cc1. The minimum Gasteiger partial charge on any atom is -0.454 e. The summed E-state index contributed by atoms with van der Waals surface area (Å²) in [5.74, 6) is -0.00740. The van der Waals surface area contributed by atoms with Crippen LogP contribution in [0.4, 0.5) is 11.4 Å². The summed E-state index contributed by atoms with van der Waals surface area (Å²) < 4.78 is 11.0. The molecule has 2 atom stereocenters. The molecule has 3 aromatic rings. The summed E-state index contributed by atoms with van der Waals surface area (Å²) in [6, 6.07) is 19.0. The van der Waals surface area contributed by atoms with Crippen molar-refractivity contribution in [3.63, 3.8) is 0 Å². The van der Waals surface area contributed by atoms with Crippen LogP contribution in [0.3, 0.4) is 0 Å². The number of ether oxygens (including phenoxy) is 2. The smallest absolute Gasteiger partial charge is 0.254 e. The first-order valence-electron chi connectivity index (χ1n) is 10.9. The third-order valence-corrected chi connectivity index (χ3v) is 6.07. The number of carbonyl (C=O) groups excluding carboxylic acids is 3. The third-order valence-electron chi connectivity index (χ3n) is 6.07. The van der Waals surface area contributed by atoms with Crippen molar-refractivity contribution < 1.29 is 23.9 Å². The Morgan fingerprint density at radius 3 is 2.32 bits per heavy atom. The Morgan fingerprint density at radius 2 is 1.59 bits per heavy atom. The molecular formula is C26H23N3O5. The topological polar surface area (TPSA) is 97.0 Å². The molecule has 0 bridgehead atoms. The monoisotopic (exact) mass is 457 g/mol. The normalized spacial score (nSPS) is 18.3. The van der Waals surface area contributed by atoms with Crippen molar-refractivity contribution in [3.05, 3.63) is 83.4 Å². The van der Waals surface area contributed by atoms with Crippen LogP contribution in [-0.4, -0.2) is 36.5 Å². The predicted octanol–water partition coefficient (Wildman–Crippen LogP) is 3.92. The largest absolute Gasteiger partial charge is 0.454 e. The first-order chi connectivity index (χ1) is 16.4. The van der Waals surface area contributed by atoms with Gasteiger partial charge in [0.1, 0.15) is 0 Å². The molecule has 2 aliphatic heterocycles. The van der Waals surface area contributed by atoms with Crippen LogP contribution in [0.25, 0.3) is 0 Å². The van der Waals surface area contributed by atoms with E-state index >= 15 is 0 Å². The van der Waals surface area contributed by atoms with Crippen LogP contribution in [0, 0.1) is 0 Å². The molecule has 2 aliphatic rings. The average Bonchev–Trinajstić information content (AvgIpc) is 3.30. The Morgan fingerprint density at radius 1 is 0.912 bits per heavy atom. The maximum absolute atomic E-state index is 13.7. The predicted molar refractivity (Wildman–Crippen MR) is 126 cm³/mol. The van der Waals surface area contributed by atoms with Gasteiger partial charge in [0.05, 0.1) is 12.0 Å². The molecule has 8 heteroatoms. The highest BCUT2D eigenvalue weighted by Crippen LogP contribution is 2.45. The maximum Gasteiger partial charge on any atom is 0.254 e. The molecule has 0 aliphatic carbocycles. The van der Waals surface area contributed by atoms with E-state index in [0.29, 0.717) is 34.0 Å². The van der Waals surface area contributed by atoms with E-state index in [4.69, 9.17) is 9.47 Å². The van der Waals surface area contributed by atoms with Gasteiger partial charge in [-0.2, -0.15) is 0 Å². The summed E-state index contributed by atoms with van der Waals surface area (Å²) in [5.41, 5.74) is 3.16. The van der Waals surface area contributed by atoms with Crippen molar-refractivity contribution in [2.75, 3.05) is 24.5 Å². The first kappa shape index (κ1) is 21.5. The zero-order valence-corrected chi connectivity index (χ0v) is 18.7. The fourth-order valence-electron chi connectivity index (χ4n) is 4.53. The lowest BCUT2D eigenvalue weighted by Gasteiger charge is -2.39. The van der Waals surface area contributed by atoms with E-state index in [1.54, 1.807) is 54.4 Å². The van der Waals surface area contributed by atoms with Gasteiger partial charge in [0.25, 0.3) is 5.91 Å². The number of nitrogens with zero attached hydrogens (tertiary/aromatic N) is 1. The summed E-state index contributed by atoms with van der Waals surface area (Å²) in [4.78, 5) is 39.7. The molecule has 34 heavy (non-hydrogen) atoms. The standard InChI is InChI=1S/C26H23N3O5/c1-15(30)27-17-8-10-18(11-9-17)28-25(31)23-19-5-3-4-6-20(19)26(32)29(2)24(23)16-7-12-21-22(13-16)34-14-33-21/h3-13,23-24H,14H2,1-2H3,(H,27,30)(H,28,31)/t23-,24-/m1/s1. The fraction of sp³-hybridized carbons (Fsp3) is 0.192. The van der Waals surface area contributed by atoms with Gasteiger partial charge in [-0.05, 0) is 53.6 Å². The summed E-state index contributed by atoms with van der Waals surface area (Å²) in [6.45, 7) is 1.57. The number of nitrogens with one attached hydrogen (secondary N) is 2. The number of likely N-dealkylation sites (N-methyl/N-ethyl adjacent to an activating group) is 1. The van der Waals surface area contributed by atoms with Crippen molar-refractivity contribution in [2.45, 2.75) is 18.9 Å². The summed E-state index contributed by atoms with van der Waals surface area (Å²) in [6.07, 6.45) is 0. The van der Waals surface area contributed by atoms with E-state index in [1.807, 2.05) is 24.3 Å². The summed E-state index contributed by atoms with van der Waals surface area (Å²) in [5, 5.41) is 5.68. The van der Waals surface area contributed by atoms with Crippen LogP contribution < -0.4 is 20.1 Å². The molecule has 0 radical (unpaired) electrons. The highest BCUT2D eigenvalue weighted by Gasteiger charge is 2.43. The number of benzene rings is 3. The van der Waals surface area contributed by atoms with Crippen LogP contribution in [0.2, 0.25) is 0 Å². The number of hydrogen-bond donors (Lipinski definition) is 2. The minimum atomic E-state index is -0.658. The van der Waals surface area contributed by atoms with Crippen LogP contribution in [0.1, 0.15) is 40.4 Å². The van der Waals surface area contributed by atoms with E-state index in [9.17, 15) is 14.4 Å². The highest BCUT2D eigenvalue weighted by molar-refractivity contribution is 6.04. The van der Waals surface area contributed by atoms with Crippen LogP contribution in [-0.2, 0) is 9.59 Å². The van der Waals surface area contributed by atoms with Gasteiger partial charge in [-0.15, -0.1) is 0 Å². The molecule has 5 rings (SSSR count). The molecule has 0 saturated heterocycles. The van der Waals surface area contributed by atoms with Gasteiger partial charge in [0.2, 0.25) is 18.6 Å². The second kappa shape index (κ2) is 8.55. The van der Waals surface area contributed by atoms with E-state index in [2.05, 4.69) is 10.6 Å². The van der Waals surface area contributed by atoms with E-state index in [0.717, 1.165) is 5.56 Å². The van der Waals surface area contributed by atoms with E-state index in [1.165, 1.54) is 6.92 Å². The zero-order chi connectivity index (χ0) is 23.8. The molecule has 2 heterocycles. The van der Waals surface area contributed by atoms with Gasteiger partial charge in [0, 0.05) is 30.9 Å². The van der Waals surface area contributed by atoms with Crippen LogP contribution in [0.15, 0.2) is 66.7 Å². The number of carbonyl (C=O) groups is 3. The van der Waals surface area contributed by atoms with Crippen molar-refractivity contribution in [1.82, 2.24) is 4.90 Å². The number of hydrogen-bond acceptors (Lipinski definition) is 5. The molecule has 0 saturated carbocycles. The molecule has 0 spiro atoms. The van der Waals surface area contributed by atoms with Crippen molar-refractivity contribution in [3.8, 4) is 11.5 Å². The molecule has 0 aromatic heterocycles. The summed E-state index contributed by atoms with van der Waals surface area (Å²) in [7, 11) is 1.70. The Balaban J connectivity index is 1.52. The van der Waals surface area contributed by atoms with E-state index < -0.39 is 12.0 Å². The Bertz CT molecular complexity index is 1290. The molecule has 8 nitrogen and oxygen atoms in total. The number of fused-ring (bicyclic) bond motifs is 2. The van der Waals surface area contributed by atoms with Crippen molar-refractivity contribution >= 4 is 29.1 Å². The zero-order valence-electron chi connectivity index (χ0n) is 18.7. The second-order valence-electron chi connectivity index (χ2n) is 8.29. The fourth-order valence-corrected chi connectivity index (χ4v) is 4.53. The van der Waals surface area contributed by atoms with Crippen LogP contribution >= 0.6 is 0 Å². The van der Waals surface area contributed by atoms with Gasteiger partial charge in [-0.3, -0.25) is 14.4 Å². The van der Waals surface area contributed by atoms with Gasteiger partial charge in [-0.1, -0.05) is 24.3 Å². The van der Waals surface area contributed by atoms with E-state index in [-0.39, 0.29) is 24.5 Å². The molecule has 3 amide bonds. The lowest BCUT2D eigenvalue weighted by molar-refractivity contribution is -0.119. The number of rotatable bonds is 4. The quantitative estimate of drug-likeness (QED) is 0.619. The van der Waals surface area contributed by atoms with Crippen molar-refractivity contribution in [2.24, 2.45) is 0 Å². The molecule has 172 valence electrons. The highest BCUT2D eigenvalue weighted by atomic mass is 16.7. The Kier molecular flexibility index (Phi) is 5.41. The van der Waals surface area contributed by atoms with Crippen LogP contribution in [0.5, 0.6) is 11.5 Å². The maximum atomic E-state index is 13.7. The molecule has 0 fully saturated rings. The van der Waals surface area contributed by atoms with Gasteiger partial charge in [0.15, 0.2) is 11.5 Å². The average molecular weight is 457 g/mol. The lowest BCUT2D eigenvalue weighted by Crippen LogP contribution is -2.44. The van der Waals surface area contributed by atoms with Gasteiger partial charge in [-0.25, -0.2) is 0 Å². The van der Waals surface area contributed by atoms with Crippen molar-refractivity contribution in [1.29, 1.82) is 0 Å². The summed E-state index contributed by atoms with van der Waals surface area (Å²) >= 11 is 0. The molecule has 0 unspecified atom stereocenters. The van der Waals surface area contributed by atoms with Gasteiger partial charge >= 0.3 is 0 Å². The Labute approximate surface area is 196 Å². The second-order valence-corrected chi connectivity index (χ2v) is 8.29. The minimum absolute atomic E-state index is 0.138. The molecular weight excluding hydrogens is 434 g/mol. The Hall–Kier alpha value is -4.33. The lowest BCUT2D eigenvalue weighted by atomic mass is 9.79. The molecule has 2 N–H and O–H groups in total. The molecule has 3 aromatic carbocycles.